The summed E-state index contributed by atoms with van der Waals surface area (Å²) < 4.78 is 0. The standard InChI is InChI=1S/15CH2Cl2.2CH4O/c15*2-1-3;2*1-2/h15*1H2;2*2H,1H3. The first-order chi connectivity index (χ1) is 23.2. The molecule has 0 amide bonds. The van der Waals surface area contributed by atoms with Crippen molar-refractivity contribution in [3.8, 4) is 0 Å². The summed E-state index contributed by atoms with van der Waals surface area (Å²) in [4.78, 5) is 0. The maximum absolute atomic E-state index is 7.00. The van der Waals surface area contributed by atoms with Gasteiger partial charge in [0.1, 0.15) is 0 Å². The van der Waals surface area contributed by atoms with Gasteiger partial charge in [-0.15, -0.1) is 348 Å². The van der Waals surface area contributed by atoms with Gasteiger partial charge in [-0.3, -0.25) is 0 Å². The van der Waals surface area contributed by atoms with Crippen LogP contribution in [0, 0.1) is 0 Å². The summed E-state index contributed by atoms with van der Waals surface area (Å²) in [6.45, 7) is 0. The average molecular weight is 1340 g/mol. The number of hydrogen-bond acceptors (Lipinski definition) is 2. The third kappa shape index (κ3) is 2270. The van der Waals surface area contributed by atoms with Crippen LogP contribution in [0.1, 0.15) is 0 Å². The molecular weight excluding hydrogens is 1300 g/mol. The molecule has 0 aromatic heterocycles. The van der Waals surface area contributed by atoms with Crippen molar-refractivity contribution >= 4 is 348 Å². The van der Waals surface area contributed by atoms with Crippen LogP contribution < -0.4 is 0 Å². The number of rotatable bonds is 0. The van der Waals surface area contributed by atoms with Crippen molar-refractivity contribution in [2.24, 2.45) is 0 Å². The molecule has 0 spiro atoms. The van der Waals surface area contributed by atoms with E-state index in [-0.39, 0.29) is 80.1 Å². The zero-order chi connectivity index (χ0) is 44.6. The van der Waals surface area contributed by atoms with Crippen LogP contribution in [0.15, 0.2) is 0 Å². The lowest BCUT2D eigenvalue weighted by Crippen LogP contribution is -1.25. The molecule has 0 atom stereocenters. The van der Waals surface area contributed by atoms with Gasteiger partial charge in [0.05, 0.1) is 80.1 Å². The van der Waals surface area contributed by atoms with Crippen molar-refractivity contribution < 1.29 is 10.2 Å². The Bertz CT molecular complexity index is 115. The number of aliphatic hydroxyl groups excluding tert-OH is 2. The van der Waals surface area contributed by atoms with Gasteiger partial charge in [-0.1, -0.05) is 0 Å². The molecule has 32 heteroatoms. The van der Waals surface area contributed by atoms with Crippen molar-refractivity contribution in [1.29, 1.82) is 0 Å². The van der Waals surface area contributed by atoms with Crippen LogP contribution in [-0.2, 0) is 0 Å². The molecule has 0 saturated carbocycles. The number of hydrogen-bond donors (Lipinski definition) is 2. The summed E-state index contributed by atoms with van der Waals surface area (Å²) in [7, 11) is 2.00. The van der Waals surface area contributed by atoms with E-state index >= 15 is 0 Å². The predicted octanol–water partition coefficient (Wildman–Crippen LogP) is 20.5. The molecule has 0 aromatic carbocycles. The number of halogens is 30. The zero-order valence-corrected chi connectivity index (χ0v) is 47.5. The Labute approximate surface area is 445 Å². The van der Waals surface area contributed by atoms with Crippen LogP contribution in [-0.4, -0.2) is 105 Å². The Balaban J connectivity index is -0.0000000148. The molecule has 0 radical (unpaired) electrons. The largest absolute Gasteiger partial charge is 0.400 e. The van der Waals surface area contributed by atoms with E-state index in [2.05, 4.69) is 0 Å². The van der Waals surface area contributed by atoms with E-state index in [0.717, 1.165) is 14.2 Å². The molecule has 0 aliphatic carbocycles. The molecule has 0 saturated heterocycles. The van der Waals surface area contributed by atoms with Gasteiger partial charge in [0, 0.05) is 14.2 Å². The van der Waals surface area contributed by atoms with Crippen molar-refractivity contribution in [1.82, 2.24) is 0 Å². The molecule has 0 rings (SSSR count). The molecule has 328 valence electrons. The molecule has 49 heavy (non-hydrogen) atoms. The van der Waals surface area contributed by atoms with Crippen molar-refractivity contribution in [3.05, 3.63) is 0 Å². The SMILES string of the molecule is CO.CO.ClCCl.ClCCl.ClCCl.ClCCl.ClCCl.ClCCl.ClCCl.ClCCl.ClCCl.ClCCl.ClCCl.ClCCl.ClCCl.ClCCl.ClCCl. The molecule has 2 nitrogen and oxygen atoms in total. The van der Waals surface area contributed by atoms with Crippen LogP contribution in [0.3, 0.4) is 0 Å². The zero-order valence-electron chi connectivity index (χ0n) is 24.8. The third-order valence-corrected chi connectivity index (χ3v) is 0. The van der Waals surface area contributed by atoms with E-state index < -0.39 is 0 Å². The van der Waals surface area contributed by atoms with Gasteiger partial charge in [0.25, 0.3) is 0 Å². The molecule has 0 heterocycles. The monoisotopic (exact) mass is 1320 g/mol. The second-order valence-corrected chi connectivity index (χ2v) is 13.6. The van der Waals surface area contributed by atoms with E-state index in [1.807, 2.05) is 0 Å². The molecule has 0 aliphatic rings. The Morgan fingerprint density at radius 2 is 0.143 bits per heavy atom. The van der Waals surface area contributed by atoms with Gasteiger partial charge in [-0.05, 0) is 0 Å². The van der Waals surface area contributed by atoms with Crippen LogP contribution in [0.2, 0.25) is 0 Å². The van der Waals surface area contributed by atoms with E-state index in [9.17, 15) is 0 Å². The first-order valence-electron chi connectivity index (χ1n) is 8.91. The molecular formula is C17H38Cl30O2. The smallest absolute Gasteiger partial charge is 0.0967 e. The lowest BCUT2D eigenvalue weighted by Gasteiger charge is -1.42. The lowest BCUT2D eigenvalue weighted by atomic mass is 11.8. The first-order valence-corrected chi connectivity index (χ1v) is 24.9. The molecule has 0 aromatic rings. The van der Waals surface area contributed by atoms with Crippen LogP contribution in [0.25, 0.3) is 0 Å². The van der Waals surface area contributed by atoms with Gasteiger partial charge >= 0.3 is 0 Å². The normalized spacial score (nSPS) is 5.76. The quantitative estimate of drug-likeness (QED) is 0.237. The minimum Gasteiger partial charge on any atom is -0.400 e. The Morgan fingerprint density at radius 1 is 0.143 bits per heavy atom. The Hall–Kier alpha value is 8.62. The van der Waals surface area contributed by atoms with Crippen molar-refractivity contribution in [2.45, 2.75) is 0 Å². The van der Waals surface area contributed by atoms with Crippen LogP contribution in [0.5, 0.6) is 0 Å². The van der Waals surface area contributed by atoms with Gasteiger partial charge in [-0.2, -0.15) is 0 Å². The van der Waals surface area contributed by atoms with E-state index in [4.69, 9.17) is 358 Å². The summed E-state index contributed by atoms with van der Waals surface area (Å²) in [6, 6.07) is 0. The predicted molar refractivity (Wildman–Crippen MR) is 265 cm³/mol. The average Bonchev–Trinajstić information content (AvgIpc) is 3.01. The number of aliphatic hydroxyl groups is 2. The van der Waals surface area contributed by atoms with E-state index in [1.54, 1.807) is 0 Å². The fraction of sp³-hybridized carbons (Fsp3) is 1.00. The summed E-state index contributed by atoms with van der Waals surface area (Å²) in [5.41, 5.74) is 0. The topological polar surface area (TPSA) is 40.5 Å². The van der Waals surface area contributed by atoms with Crippen LogP contribution in [0.4, 0.5) is 0 Å². The minimum absolute atomic E-state index is 0.194. The van der Waals surface area contributed by atoms with Gasteiger partial charge < -0.3 is 10.2 Å². The summed E-state index contributed by atoms with van der Waals surface area (Å²) in [5.74, 6) is 0. The maximum atomic E-state index is 7.00. The van der Waals surface area contributed by atoms with Crippen LogP contribution >= 0.6 is 348 Å². The molecule has 0 bridgehead atoms. The fourth-order valence-corrected chi connectivity index (χ4v) is 0. The minimum atomic E-state index is 0.194. The molecule has 2 N–H and O–H groups in total. The highest BCUT2D eigenvalue weighted by Gasteiger charge is 1.45. The molecule has 0 fully saturated rings. The van der Waals surface area contributed by atoms with Crippen molar-refractivity contribution in [3.63, 3.8) is 0 Å². The summed E-state index contributed by atoms with van der Waals surface area (Å²) in [5, 5.41) is 16.9. The van der Waals surface area contributed by atoms with Gasteiger partial charge in [0.15, 0.2) is 0 Å². The summed E-state index contributed by atoms with van der Waals surface area (Å²) in [6.07, 6.45) is 0. The Morgan fingerprint density at radius 3 is 0.143 bits per heavy atom. The van der Waals surface area contributed by atoms with Crippen molar-refractivity contribution in [2.75, 3.05) is 94.3 Å². The summed E-state index contributed by atoms with van der Waals surface area (Å²) >= 11 is 143. The molecule has 0 unspecified atom stereocenters. The highest BCUT2D eigenvalue weighted by atomic mass is 35.6. The highest BCUT2D eigenvalue weighted by Crippen LogP contribution is 1.77. The highest BCUT2D eigenvalue weighted by molar-refractivity contribution is 6.44. The molecule has 0 aliphatic heterocycles. The number of alkyl halides is 30. The fourth-order valence-electron chi connectivity index (χ4n) is 0. The second kappa shape index (κ2) is 314. The van der Waals surface area contributed by atoms with Gasteiger partial charge in [-0.25, -0.2) is 0 Å². The second-order valence-electron chi connectivity index (χ2n) is 1.52. The Kier molecular flexibility index (Phi) is 717. The maximum Gasteiger partial charge on any atom is 0.0967 e. The lowest BCUT2D eigenvalue weighted by molar-refractivity contribution is 0.399. The van der Waals surface area contributed by atoms with E-state index in [1.165, 1.54) is 0 Å². The first kappa shape index (κ1) is 112. The van der Waals surface area contributed by atoms with Gasteiger partial charge in [0.2, 0.25) is 0 Å². The van der Waals surface area contributed by atoms with E-state index in [0.29, 0.717) is 0 Å². The third-order valence-electron chi connectivity index (χ3n) is 0.